The van der Waals surface area contributed by atoms with Crippen molar-refractivity contribution in [2.45, 2.75) is 38.3 Å². The number of hydrogen-bond acceptors (Lipinski definition) is 3. The molecule has 2 aromatic rings. The number of ether oxygens (including phenoxy) is 2. The van der Waals surface area contributed by atoms with Crippen molar-refractivity contribution >= 4 is 5.91 Å². The van der Waals surface area contributed by atoms with E-state index < -0.39 is 0 Å². The minimum Gasteiger partial charge on any atom is -0.493 e. The van der Waals surface area contributed by atoms with Gasteiger partial charge in [-0.2, -0.15) is 0 Å². The molecule has 1 fully saturated rings. The third kappa shape index (κ3) is 3.86. The summed E-state index contributed by atoms with van der Waals surface area (Å²) in [6, 6.07) is 9.14. The summed E-state index contributed by atoms with van der Waals surface area (Å²) in [5, 5.41) is 2.89. The van der Waals surface area contributed by atoms with E-state index in [1.807, 2.05) is 18.3 Å². The number of nitrogens with one attached hydrogen (secondary N) is 2. The van der Waals surface area contributed by atoms with E-state index in [4.69, 9.17) is 9.47 Å². The van der Waals surface area contributed by atoms with Crippen LogP contribution in [0.5, 0.6) is 11.5 Å². The van der Waals surface area contributed by atoms with Crippen molar-refractivity contribution in [3.63, 3.8) is 0 Å². The van der Waals surface area contributed by atoms with Crippen LogP contribution in [0.15, 0.2) is 36.5 Å². The largest absolute Gasteiger partial charge is 0.493 e. The second kappa shape index (κ2) is 7.22. The lowest BCUT2D eigenvalue weighted by Gasteiger charge is -2.16. The van der Waals surface area contributed by atoms with Crippen molar-refractivity contribution in [3.05, 3.63) is 47.8 Å². The van der Waals surface area contributed by atoms with Gasteiger partial charge in [-0.1, -0.05) is 0 Å². The van der Waals surface area contributed by atoms with Crippen LogP contribution < -0.4 is 14.8 Å². The van der Waals surface area contributed by atoms with Crippen LogP contribution in [0.25, 0.3) is 0 Å². The highest BCUT2D eigenvalue weighted by Gasteiger charge is 2.19. The van der Waals surface area contributed by atoms with Crippen LogP contribution in [0.4, 0.5) is 0 Å². The van der Waals surface area contributed by atoms with Crippen molar-refractivity contribution in [2.24, 2.45) is 0 Å². The van der Waals surface area contributed by atoms with E-state index in [-0.39, 0.29) is 12.0 Å². The van der Waals surface area contributed by atoms with Crippen molar-refractivity contribution in [1.82, 2.24) is 10.3 Å². The van der Waals surface area contributed by atoms with Crippen molar-refractivity contribution < 1.29 is 14.3 Å². The fraction of sp³-hybridized carbons (Fsp3) is 0.389. The zero-order chi connectivity index (χ0) is 16.1. The average Bonchev–Trinajstić information content (AvgIpc) is 3.26. The molecule has 1 saturated carbocycles. The summed E-state index contributed by atoms with van der Waals surface area (Å²) < 4.78 is 11.4. The van der Waals surface area contributed by atoms with E-state index in [1.165, 1.54) is 12.8 Å². The molecular formula is C18H22N2O3. The average molecular weight is 314 g/mol. The Kier molecular flexibility index (Phi) is 4.86. The Morgan fingerprint density at radius 3 is 2.78 bits per heavy atom. The summed E-state index contributed by atoms with van der Waals surface area (Å²) in [5.74, 6) is 1.18. The Bertz CT molecular complexity index is 646. The van der Waals surface area contributed by atoms with Crippen LogP contribution in [0.1, 0.15) is 41.7 Å². The molecule has 1 heterocycles. The number of carbonyl (C=O) groups excluding carboxylic acids is 1. The molecule has 0 aliphatic heterocycles. The minimum absolute atomic E-state index is 0.126. The van der Waals surface area contributed by atoms with E-state index in [0.29, 0.717) is 23.6 Å². The van der Waals surface area contributed by atoms with Gasteiger partial charge < -0.3 is 19.8 Å². The molecule has 1 aliphatic carbocycles. The predicted octanol–water partition coefficient (Wildman–Crippen LogP) is 3.27. The second-order valence-corrected chi connectivity index (χ2v) is 5.77. The molecule has 5 heteroatoms. The third-order valence-electron chi connectivity index (χ3n) is 4.12. The molecule has 0 unspecified atom stereocenters. The van der Waals surface area contributed by atoms with Crippen LogP contribution in [0.3, 0.4) is 0 Å². The summed E-state index contributed by atoms with van der Waals surface area (Å²) in [6.45, 7) is 0.469. The highest BCUT2D eigenvalue weighted by molar-refractivity contribution is 5.94. The Morgan fingerprint density at radius 1 is 1.26 bits per heavy atom. The van der Waals surface area contributed by atoms with E-state index in [1.54, 1.807) is 25.3 Å². The molecule has 23 heavy (non-hydrogen) atoms. The molecule has 0 atom stereocenters. The van der Waals surface area contributed by atoms with Gasteiger partial charge in [-0.15, -0.1) is 0 Å². The maximum absolute atomic E-state index is 12.3. The van der Waals surface area contributed by atoms with Crippen LogP contribution in [0.2, 0.25) is 0 Å². The molecule has 1 aromatic heterocycles. The highest BCUT2D eigenvalue weighted by Crippen LogP contribution is 2.32. The molecule has 0 spiro atoms. The number of aromatic nitrogens is 1. The summed E-state index contributed by atoms with van der Waals surface area (Å²) in [7, 11) is 1.61. The van der Waals surface area contributed by atoms with Gasteiger partial charge in [0.2, 0.25) is 0 Å². The molecule has 0 saturated heterocycles. The van der Waals surface area contributed by atoms with Gasteiger partial charge in [-0.05, 0) is 56.0 Å². The monoisotopic (exact) mass is 314 g/mol. The topological polar surface area (TPSA) is 63.3 Å². The first kappa shape index (κ1) is 15.5. The standard InChI is InChI=1S/C18H22N2O3/c1-22-16-9-8-13(11-17(16)23-15-6-2-3-7-15)18(21)20-12-14-5-4-10-19-14/h4-5,8-11,15,19H,2-3,6-7,12H2,1H3,(H,20,21). The Morgan fingerprint density at radius 2 is 2.09 bits per heavy atom. The Hall–Kier alpha value is -2.43. The van der Waals surface area contributed by atoms with Crippen LogP contribution in [-0.2, 0) is 6.54 Å². The number of benzene rings is 1. The van der Waals surface area contributed by atoms with Gasteiger partial charge in [-0.3, -0.25) is 4.79 Å². The minimum atomic E-state index is -0.126. The van der Waals surface area contributed by atoms with Gasteiger partial charge in [-0.25, -0.2) is 0 Å². The van der Waals surface area contributed by atoms with Gasteiger partial charge in [0.05, 0.1) is 19.8 Å². The number of H-pyrrole nitrogens is 1. The number of hydrogen-bond donors (Lipinski definition) is 2. The van der Waals surface area contributed by atoms with E-state index >= 15 is 0 Å². The Balaban J connectivity index is 1.69. The SMILES string of the molecule is COc1ccc(C(=O)NCc2ccc[nH]2)cc1OC1CCCC1. The lowest BCUT2D eigenvalue weighted by Crippen LogP contribution is -2.23. The molecule has 5 nitrogen and oxygen atoms in total. The molecular weight excluding hydrogens is 292 g/mol. The molecule has 3 rings (SSSR count). The smallest absolute Gasteiger partial charge is 0.251 e. The maximum Gasteiger partial charge on any atom is 0.251 e. The summed E-state index contributed by atoms with van der Waals surface area (Å²) in [4.78, 5) is 15.4. The van der Waals surface area contributed by atoms with Gasteiger partial charge in [0, 0.05) is 17.5 Å². The summed E-state index contributed by atoms with van der Waals surface area (Å²) >= 11 is 0. The summed E-state index contributed by atoms with van der Waals surface area (Å²) in [6.07, 6.45) is 6.58. The molecule has 0 bridgehead atoms. The van der Waals surface area contributed by atoms with Gasteiger partial charge in [0.25, 0.3) is 5.91 Å². The number of rotatable bonds is 6. The molecule has 0 radical (unpaired) electrons. The maximum atomic E-state index is 12.3. The molecule has 122 valence electrons. The fourth-order valence-corrected chi connectivity index (χ4v) is 2.85. The lowest BCUT2D eigenvalue weighted by atomic mass is 10.2. The number of methoxy groups -OCH3 is 1. The van der Waals surface area contributed by atoms with E-state index in [0.717, 1.165) is 18.5 Å². The fourth-order valence-electron chi connectivity index (χ4n) is 2.85. The number of amides is 1. The molecule has 1 amide bonds. The number of carbonyl (C=O) groups is 1. The van der Waals surface area contributed by atoms with Gasteiger partial charge >= 0.3 is 0 Å². The van der Waals surface area contributed by atoms with Crippen molar-refractivity contribution in [2.75, 3.05) is 7.11 Å². The van der Waals surface area contributed by atoms with E-state index in [2.05, 4.69) is 10.3 Å². The quantitative estimate of drug-likeness (QED) is 0.860. The van der Waals surface area contributed by atoms with Crippen LogP contribution in [0, 0.1) is 0 Å². The van der Waals surface area contributed by atoms with Crippen LogP contribution in [-0.4, -0.2) is 24.1 Å². The zero-order valence-electron chi connectivity index (χ0n) is 13.3. The first-order valence-electron chi connectivity index (χ1n) is 8.01. The van der Waals surface area contributed by atoms with Crippen molar-refractivity contribution in [3.8, 4) is 11.5 Å². The Labute approximate surface area is 136 Å². The molecule has 1 aromatic carbocycles. The highest BCUT2D eigenvalue weighted by atomic mass is 16.5. The molecule has 2 N–H and O–H groups in total. The second-order valence-electron chi connectivity index (χ2n) is 5.77. The van der Waals surface area contributed by atoms with Gasteiger partial charge in [0.1, 0.15) is 0 Å². The number of aromatic amines is 1. The van der Waals surface area contributed by atoms with Gasteiger partial charge in [0.15, 0.2) is 11.5 Å². The molecule has 1 aliphatic rings. The van der Waals surface area contributed by atoms with Crippen LogP contribution >= 0.6 is 0 Å². The van der Waals surface area contributed by atoms with Crippen molar-refractivity contribution in [1.29, 1.82) is 0 Å². The lowest BCUT2D eigenvalue weighted by molar-refractivity contribution is 0.0949. The first-order valence-corrected chi connectivity index (χ1v) is 8.01. The first-order chi connectivity index (χ1) is 11.3. The zero-order valence-corrected chi connectivity index (χ0v) is 13.3. The van der Waals surface area contributed by atoms with E-state index in [9.17, 15) is 4.79 Å². The normalized spacial score (nSPS) is 14.7. The third-order valence-corrected chi connectivity index (χ3v) is 4.12. The predicted molar refractivity (Wildman–Crippen MR) is 87.8 cm³/mol. The summed E-state index contributed by atoms with van der Waals surface area (Å²) in [5.41, 5.74) is 1.54.